The van der Waals surface area contributed by atoms with E-state index in [9.17, 15) is 9.59 Å². The third-order valence-electron chi connectivity index (χ3n) is 8.41. The molecule has 0 N–H and O–H groups in total. The van der Waals surface area contributed by atoms with Crippen molar-refractivity contribution in [2.75, 3.05) is 14.2 Å². The molecule has 3 saturated carbocycles. The number of hydrogen-bond donors (Lipinski definition) is 0. The fraction of sp³-hybridized carbons (Fsp3) is 0.909. The van der Waals surface area contributed by atoms with Crippen LogP contribution in [-0.2, 0) is 28.5 Å². The minimum Gasteiger partial charge on any atom is -0.380 e. The van der Waals surface area contributed by atoms with Gasteiger partial charge in [-0.15, -0.1) is 11.6 Å². The minimum atomic E-state index is -1.11. The average Bonchev–Trinajstić information content (AvgIpc) is 3.25. The molecule has 3 aliphatic carbocycles. The third-order valence-corrected chi connectivity index (χ3v) is 8.94. The normalized spacial score (nSPS) is 54.3. The summed E-state index contributed by atoms with van der Waals surface area (Å²) in [6, 6.07) is 0. The minimum absolute atomic E-state index is 0.0169. The largest absolute Gasteiger partial charge is 0.380 e. The van der Waals surface area contributed by atoms with E-state index in [0.717, 1.165) is 25.7 Å². The Morgan fingerprint density at radius 2 is 1.79 bits per heavy atom. The fourth-order valence-electron chi connectivity index (χ4n) is 7.01. The molecule has 5 aliphatic rings. The Hall–Kier alpha value is -0.530. The van der Waals surface area contributed by atoms with Gasteiger partial charge in [-0.3, -0.25) is 9.59 Å². The van der Waals surface area contributed by atoms with Crippen molar-refractivity contribution in [1.82, 2.24) is 0 Å². The van der Waals surface area contributed by atoms with E-state index in [1.165, 1.54) is 0 Å². The molecule has 162 valence electrons. The van der Waals surface area contributed by atoms with Gasteiger partial charge in [-0.2, -0.15) is 0 Å². The van der Waals surface area contributed by atoms with Crippen molar-refractivity contribution in [3.05, 3.63) is 0 Å². The first kappa shape index (κ1) is 20.4. The Labute approximate surface area is 176 Å². The lowest BCUT2D eigenvalue weighted by molar-refractivity contribution is -0.193. The Balaban J connectivity index is 1.55. The average molecular weight is 427 g/mol. The Morgan fingerprint density at radius 3 is 2.52 bits per heavy atom. The molecule has 0 aromatic heterocycles. The van der Waals surface area contributed by atoms with E-state index in [4.69, 9.17) is 30.5 Å². The molecule has 0 aromatic rings. The third kappa shape index (κ3) is 2.68. The number of fused-ring (bicyclic) bond motifs is 5. The summed E-state index contributed by atoms with van der Waals surface area (Å²) >= 11 is 6.75. The maximum Gasteiger partial charge on any atom is 0.175 e. The molecule has 9 unspecified atom stereocenters. The van der Waals surface area contributed by atoms with Gasteiger partial charge in [0.05, 0.1) is 41.6 Å². The highest BCUT2D eigenvalue weighted by Crippen LogP contribution is 2.57. The molecule has 5 rings (SSSR count). The summed E-state index contributed by atoms with van der Waals surface area (Å²) in [5.41, 5.74) is -1.11. The summed E-state index contributed by atoms with van der Waals surface area (Å²) in [6.07, 6.45) is 3.61. The summed E-state index contributed by atoms with van der Waals surface area (Å²) in [5, 5.41) is -0.438. The predicted molar refractivity (Wildman–Crippen MR) is 105 cm³/mol. The number of rotatable bonds is 2. The van der Waals surface area contributed by atoms with Crippen molar-refractivity contribution < 1.29 is 28.5 Å². The molecule has 1 spiro atoms. The Morgan fingerprint density at radius 1 is 1.07 bits per heavy atom. The van der Waals surface area contributed by atoms with Gasteiger partial charge in [0, 0.05) is 33.0 Å². The second-order valence-corrected chi connectivity index (χ2v) is 10.1. The molecule has 0 radical (unpaired) electrons. The second-order valence-electron chi connectivity index (χ2n) is 9.63. The van der Waals surface area contributed by atoms with Crippen molar-refractivity contribution in [3.8, 4) is 0 Å². The van der Waals surface area contributed by atoms with Crippen LogP contribution in [0.15, 0.2) is 0 Å². The topological polar surface area (TPSA) is 71.1 Å². The fourth-order valence-corrected chi connectivity index (χ4v) is 7.42. The van der Waals surface area contributed by atoms with Crippen molar-refractivity contribution in [3.63, 3.8) is 0 Å². The molecule has 2 saturated heterocycles. The van der Waals surface area contributed by atoms with Gasteiger partial charge in [0.1, 0.15) is 11.9 Å². The summed E-state index contributed by atoms with van der Waals surface area (Å²) in [4.78, 5) is 27.1. The number of ether oxygens (including phenoxy) is 4. The number of hydrogen-bond acceptors (Lipinski definition) is 6. The van der Waals surface area contributed by atoms with E-state index < -0.39 is 29.1 Å². The standard InChI is InChI=1S/C22H31ClO6/c1-10-8-12(24)16-11-6-4-5-7-13(11)28-21(16)22(10)20(25)17-14(26-2)9-15(27-3)18(23)19(17)29-22/h10-11,13-19,21H,4-9H2,1-3H3/t10-,11?,13?,14?,15?,16?,17?,18?,19?,21?,22-/m1/s1. The van der Waals surface area contributed by atoms with Gasteiger partial charge in [-0.05, 0) is 18.8 Å². The van der Waals surface area contributed by atoms with Gasteiger partial charge in [-0.25, -0.2) is 0 Å². The van der Waals surface area contributed by atoms with Crippen LogP contribution in [-0.4, -0.2) is 67.3 Å². The number of halogens is 1. The quantitative estimate of drug-likeness (QED) is 0.632. The number of carbonyl (C=O) groups is 2. The molecule has 2 heterocycles. The van der Waals surface area contributed by atoms with Gasteiger partial charge in [-0.1, -0.05) is 19.8 Å². The number of methoxy groups -OCH3 is 2. The summed E-state index contributed by atoms with van der Waals surface area (Å²) in [7, 11) is 3.25. The van der Waals surface area contributed by atoms with E-state index in [0.29, 0.717) is 12.8 Å². The monoisotopic (exact) mass is 426 g/mol. The highest BCUT2D eigenvalue weighted by molar-refractivity contribution is 6.22. The van der Waals surface area contributed by atoms with E-state index in [2.05, 4.69) is 0 Å². The number of carbonyl (C=O) groups excluding carboxylic acids is 2. The summed E-state index contributed by atoms with van der Waals surface area (Å²) < 4.78 is 24.4. The van der Waals surface area contributed by atoms with Crippen molar-refractivity contribution in [2.24, 2.45) is 23.7 Å². The second kappa shape index (κ2) is 7.27. The smallest absolute Gasteiger partial charge is 0.175 e. The molecule has 5 fully saturated rings. The molecule has 0 amide bonds. The zero-order valence-corrected chi connectivity index (χ0v) is 18.1. The number of alkyl halides is 1. The molecule has 0 aromatic carbocycles. The van der Waals surface area contributed by atoms with Crippen molar-refractivity contribution in [2.45, 2.75) is 86.9 Å². The van der Waals surface area contributed by atoms with Crippen molar-refractivity contribution >= 4 is 23.2 Å². The molecular formula is C22H31ClO6. The van der Waals surface area contributed by atoms with Crippen LogP contribution >= 0.6 is 11.6 Å². The molecule has 11 atom stereocenters. The molecular weight excluding hydrogens is 396 g/mol. The van der Waals surface area contributed by atoms with Crippen LogP contribution < -0.4 is 0 Å². The Kier molecular flexibility index (Phi) is 5.11. The van der Waals surface area contributed by atoms with Crippen LogP contribution in [0.1, 0.15) is 45.4 Å². The van der Waals surface area contributed by atoms with Crippen molar-refractivity contribution in [1.29, 1.82) is 0 Å². The van der Waals surface area contributed by atoms with Crippen LogP contribution in [0.4, 0.5) is 0 Å². The lowest BCUT2D eigenvalue weighted by atomic mass is 9.61. The molecule has 2 aliphatic heterocycles. The molecule has 6 nitrogen and oxygen atoms in total. The van der Waals surface area contributed by atoms with Crippen LogP contribution in [0.5, 0.6) is 0 Å². The van der Waals surface area contributed by atoms with Gasteiger partial charge in [0.2, 0.25) is 0 Å². The highest BCUT2D eigenvalue weighted by atomic mass is 35.5. The van der Waals surface area contributed by atoms with Gasteiger partial charge in [0.25, 0.3) is 0 Å². The zero-order valence-electron chi connectivity index (χ0n) is 17.3. The maximum absolute atomic E-state index is 14.0. The lowest BCUT2D eigenvalue weighted by Gasteiger charge is -2.45. The van der Waals surface area contributed by atoms with Crippen LogP contribution in [0, 0.1) is 23.7 Å². The molecule has 0 bridgehead atoms. The van der Waals surface area contributed by atoms with E-state index in [1.807, 2.05) is 6.92 Å². The van der Waals surface area contributed by atoms with Gasteiger partial charge in [0.15, 0.2) is 11.4 Å². The maximum atomic E-state index is 14.0. The van der Waals surface area contributed by atoms with Gasteiger partial charge >= 0.3 is 0 Å². The molecule has 29 heavy (non-hydrogen) atoms. The lowest BCUT2D eigenvalue weighted by Crippen LogP contribution is -2.61. The first-order valence-corrected chi connectivity index (χ1v) is 11.5. The number of ketones is 2. The molecule has 7 heteroatoms. The van der Waals surface area contributed by atoms with Crippen LogP contribution in [0.25, 0.3) is 0 Å². The summed E-state index contributed by atoms with van der Waals surface area (Å²) in [5.74, 6) is -0.472. The highest BCUT2D eigenvalue weighted by Gasteiger charge is 2.72. The SMILES string of the molecule is COC1CC(OC)C2C(=O)[C@@]3(OC2C1Cl)C1OC2CCCCC2C1C(=O)C[C@H]3C. The Bertz CT molecular complexity index is 699. The van der Waals surface area contributed by atoms with Crippen LogP contribution in [0.2, 0.25) is 0 Å². The predicted octanol–water partition coefficient (Wildman–Crippen LogP) is 2.53. The van der Waals surface area contributed by atoms with E-state index in [1.54, 1.807) is 14.2 Å². The first-order valence-electron chi connectivity index (χ1n) is 11.0. The van der Waals surface area contributed by atoms with Crippen LogP contribution in [0.3, 0.4) is 0 Å². The summed E-state index contributed by atoms with van der Waals surface area (Å²) in [6.45, 7) is 1.95. The van der Waals surface area contributed by atoms with E-state index >= 15 is 0 Å². The first-order chi connectivity index (χ1) is 13.9. The zero-order chi connectivity index (χ0) is 20.5. The number of Topliss-reactive ketones (excluding diaryl/α,β-unsaturated/α-hetero) is 2. The van der Waals surface area contributed by atoms with E-state index in [-0.39, 0.29) is 47.6 Å². The van der Waals surface area contributed by atoms with Gasteiger partial charge < -0.3 is 18.9 Å².